The summed E-state index contributed by atoms with van der Waals surface area (Å²) in [6.45, 7) is 0. The Kier molecular flexibility index (Phi) is 8.24. The van der Waals surface area contributed by atoms with Crippen LogP contribution < -0.4 is 21.3 Å². The maximum atomic E-state index is 6.50. The van der Waals surface area contributed by atoms with Crippen molar-refractivity contribution in [3.63, 3.8) is 0 Å². The molecule has 7 aliphatic rings. The van der Waals surface area contributed by atoms with Crippen molar-refractivity contribution in [1.82, 2.24) is 5.32 Å². The van der Waals surface area contributed by atoms with Crippen LogP contribution in [0.5, 0.6) is 0 Å². The molecule has 13 rings (SSSR count). The van der Waals surface area contributed by atoms with E-state index in [0.717, 1.165) is 24.1 Å². The molecule has 1 aliphatic heterocycles. The molecule has 3 nitrogen and oxygen atoms in total. The Morgan fingerprint density at radius 3 is 2.05 bits per heavy atom. The Balaban J connectivity index is 0.881. The summed E-state index contributed by atoms with van der Waals surface area (Å²) in [4.78, 5) is 0. The Morgan fingerprint density at radius 2 is 1.21 bits per heavy atom. The number of fused-ring (bicyclic) bond motifs is 13. The van der Waals surface area contributed by atoms with Crippen molar-refractivity contribution in [1.29, 1.82) is 0 Å². The van der Waals surface area contributed by atoms with E-state index in [2.05, 4.69) is 144 Å². The third-order valence-corrected chi connectivity index (χ3v) is 16.1. The van der Waals surface area contributed by atoms with Crippen LogP contribution in [-0.2, 0) is 10.8 Å². The number of rotatable bonds is 4. The highest BCUT2D eigenvalue weighted by Crippen LogP contribution is 2.64. The topological polar surface area (TPSA) is 37.2 Å². The lowest BCUT2D eigenvalue weighted by Crippen LogP contribution is -2.40. The molecule has 2 N–H and O–H groups in total. The van der Waals surface area contributed by atoms with E-state index in [1.54, 1.807) is 33.4 Å². The molecular weight excluding hydrogens is 741 g/mol. The molecule has 0 amide bonds. The molecule has 5 aromatic carbocycles. The van der Waals surface area contributed by atoms with Crippen molar-refractivity contribution in [2.75, 3.05) is 5.32 Å². The van der Waals surface area contributed by atoms with E-state index in [9.17, 15) is 0 Å². The molecule has 6 aliphatic carbocycles. The van der Waals surface area contributed by atoms with Gasteiger partial charge in [0.2, 0.25) is 5.88 Å². The van der Waals surface area contributed by atoms with E-state index >= 15 is 0 Å². The molecule has 1 aromatic heterocycles. The average Bonchev–Trinajstić information content (AvgIpc) is 3.93. The van der Waals surface area contributed by atoms with Gasteiger partial charge in [-0.2, -0.15) is 0 Å². The first kappa shape index (κ1) is 36.1. The van der Waals surface area contributed by atoms with Gasteiger partial charge < -0.3 is 9.73 Å². The fourth-order valence-electron chi connectivity index (χ4n) is 13.3. The zero-order valence-corrected chi connectivity index (χ0v) is 35.2. The van der Waals surface area contributed by atoms with Gasteiger partial charge in [-0.1, -0.05) is 148 Å². The van der Waals surface area contributed by atoms with Gasteiger partial charge >= 0.3 is 0 Å². The zero-order valence-electron chi connectivity index (χ0n) is 35.2. The maximum Gasteiger partial charge on any atom is 0.200 e. The fraction of sp³-hybridized carbons (Fsp3) is 0.310. The Labute approximate surface area is 360 Å². The third kappa shape index (κ3) is 5.38. The lowest BCUT2D eigenvalue weighted by molar-refractivity contribution is 0.349. The number of allylic oxidation sites excluding steroid dienone is 4. The standard InChI is InChI=1S/C58H54N2O/c1-4-16-38(17-5-1)54-53-44-21-7-9-25-51(44)61-56(53)60-55(59-54)39-28-26-37(27-29-39)40-18-14-19-41(34-40)42-22-15-24-48-52(42)46-36-49-45(35-50(46)58(48)32-12-3-13-33-58)43-20-6-8-23-47(43)57(49)30-10-2-11-31-57/h1,4-5,14-29,34-36,54-55,59-60H,2-3,6-13,30-33H2. The largest absolute Gasteiger partial charge is 0.441 e. The highest BCUT2D eigenvalue weighted by molar-refractivity contribution is 5.98. The van der Waals surface area contributed by atoms with E-state index in [-0.39, 0.29) is 23.0 Å². The van der Waals surface area contributed by atoms with Crippen LogP contribution in [0.4, 0.5) is 5.88 Å². The van der Waals surface area contributed by atoms with Crippen LogP contribution in [-0.4, -0.2) is 0 Å². The molecule has 0 saturated heterocycles. The predicted molar refractivity (Wildman–Crippen MR) is 251 cm³/mol. The molecule has 2 heterocycles. The summed E-state index contributed by atoms with van der Waals surface area (Å²) in [5, 5.41) is 8.94. The molecule has 6 aromatic rings. The molecule has 3 heteroatoms. The van der Waals surface area contributed by atoms with E-state index in [0.29, 0.717) is 0 Å². The maximum absolute atomic E-state index is 6.50. The van der Waals surface area contributed by atoms with Crippen molar-refractivity contribution in [3.05, 3.63) is 176 Å². The van der Waals surface area contributed by atoms with Crippen LogP contribution in [0.1, 0.15) is 141 Å². The van der Waals surface area contributed by atoms with Crippen LogP contribution in [0.3, 0.4) is 0 Å². The Morgan fingerprint density at radius 1 is 0.508 bits per heavy atom. The van der Waals surface area contributed by atoms with Gasteiger partial charge in [0.25, 0.3) is 0 Å². The van der Waals surface area contributed by atoms with Gasteiger partial charge in [0, 0.05) is 21.6 Å². The monoisotopic (exact) mass is 794 g/mol. The molecule has 2 spiro atoms. The molecule has 2 fully saturated rings. The number of anilines is 1. The first-order chi connectivity index (χ1) is 30.2. The highest BCUT2D eigenvalue weighted by atomic mass is 16.3. The molecular formula is C58H54N2O. The minimum absolute atomic E-state index is 0.0344. The first-order valence-electron chi connectivity index (χ1n) is 23.5. The minimum Gasteiger partial charge on any atom is -0.441 e. The van der Waals surface area contributed by atoms with Crippen molar-refractivity contribution >= 4 is 23.6 Å². The molecule has 2 atom stereocenters. The summed E-state index contributed by atoms with van der Waals surface area (Å²) in [6, 6.07) is 42.2. The molecule has 61 heavy (non-hydrogen) atoms. The van der Waals surface area contributed by atoms with Crippen LogP contribution in [0.15, 0.2) is 131 Å². The average molecular weight is 795 g/mol. The number of nitrogens with one attached hydrogen (secondary N) is 2. The third-order valence-electron chi connectivity index (χ3n) is 16.1. The summed E-state index contributed by atoms with van der Waals surface area (Å²) in [5.74, 6) is 0.882. The van der Waals surface area contributed by atoms with Gasteiger partial charge in [0.05, 0.1) is 6.04 Å². The van der Waals surface area contributed by atoms with Crippen molar-refractivity contribution < 1.29 is 4.42 Å². The predicted octanol–water partition coefficient (Wildman–Crippen LogP) is 13.3. The normalized spacial score (nSPS) is 22.3. The van der Waals surface area contributed by atoms with E-state index in [4.69, 9.17) is 4.42 Å². The number of furan rings is 1. The molecule has 2 saturated carbocycles. The van der Waals surface area contributed by atoms with Crippen LogP contribution in [0, 0.1) is 0 Å². The van der Waals surface area contributed by atoms with Crippen molar-refractivity contribution in [3.8, 4) is 33.4 Å². The van der Waals surface area contributed by atoms with Crippen LogP contribution >= 0.6 is 0 Å². The number of hydrogen-bond acceptors (Lipinski definition) is 3. The smallest absolute Gasteiger partial charge is 0.200 e. The van der Waals surface area contributed by atoms with Crippen LogP contribution in [0.25, 0.3) is 51.1 Å². The van der Waals surface area contributed by atoms with E-state index in [1.807, 2.05) is 0 Å². The molecule has 0 radical (unpaired) electrons. The summed E-state index contributed by atoms with van der Waals surface area (Å²) >= 11 is 0. The van der Waals surface area contributed by atoms with Gasteiger partial charge in [0.1, 0.15) is 11.6 Å². The van der Waals surface area contributed by atoms with Gasteiger partial charge in [-0.25, -0.2) is 0 Å². The summed E-state index contributed by atoms with van der Waals surface area (Å²) in [7, 11) is 0. The second kappa shape index (κ2) is 13.9. The van der Waals surface area contributed by atoms with E-state index in [1.165, 1.54) is 132 Å². The Hall–Kier alpha value is -5.64. The van der Waals surface area contributed by atoms with E-state index < -0.39 is 0 Å². The van der Waals surface area contributed by atoms with Gasteiger partial charge in [-0.15, -0.1) is 0 Å². The molecule has 2 unspecified atom stereocenters. The number of benzene rings is 5. The highest BCUT2D eigenvalue weighted by Gasteiger charge is 2.50. The summed E-state index contributed by atoms with van der Waals surface area (Å²) in [6.07, 6.45) is 27.3. The summed E-state index contributed by atoms with van der Waals surface area (Å²) < 4.78 is 6.50. The quantitative estimate of drug-likeness (QED) is 0.187. The first-order valence-corrected chi connectivity index (χ1v) is 23.5. The fourth-order valence-corrected chi connectivity index (χ4v) is 13.3. The number of hydrogen-bond donors (Lipinski definition) is 2. The van der Waals surface area contributed by atoms with Gasteiger partial charge in [0.15, 0.2) is 0 Å². The molecule has 0 bridgehead atoms. The lowest BCUT2D eigenvalue weighted by Gasteiger charge is -2.37. The SMILES string of the molecule is C1=C2C(=CCC1)C1(CCCCC1)c1cc3c(cc12)C1(CCCCC1)c1cccc(-c2cccc(-c4ccc(C5Nc6oc7c(c6C(c6ccccc6)N5)=CCCC=7)cc4)c2)c1-3. The van der Waals surface area contributed by atoms with Gasteiger partial charge in [-0.3, -0.25) is 5.32 Å². The second-order valence-electron chi connectivity index (χ2n) is 19.2. The van der Waals surface area contributed by atoms with Crippen molar-refractivity contribution in [2.24, 2.45) is 0 Å². The lowest BCUT2D eigenvalue weighted by atomic mass is 9.66. The van der Waals surface area contributed by atoms with Crippen molar-refractivity contribution in [2.45, 2.75) is 113 Å². The van der Waals surface area contributed by atoms with Gasteiger partial charge in [-0.05, 0) is 154 Å². The molecule has 302 valence electrons. The minimum atomic E-state index is -0.0875. The zero-order chi connectivity index (χ0) is 40.1. The second-order valence-corrected chi connectivity index (χ2v) is 19.2. The van der Waals surface area contributed by atoms with Crippen LogP contribution in [0.2, 0.25) is 0 Å². The summed E-state index contributed by atoms with van der Waals surface area (Å²) in [5.41, 5.74) is 22.9. The Bertz CT molecular complexity index is 2930.